The molecule has 0 saturated carbocycles. The molecule has 1 atom stereocenters. The Labute approximate surface area is 126 Å². The van der Waals surface area contributed by atoms with E-state index in [1.807, 2.05) is 6.08 Å². The van der Waals surface area contributed by atoms with Gasteiger partial charge in [0, 0.05) is 6.04 Å². The quantitative estimate of drug-likeness (QED) is 0.357. The standard InChI is InChI=1S/C18H35NO/c1-2-3-4-5-6-7-8-9-10-11-12-13-14-15-16-18(19)17-20/h6-7,15-16,18,20H,2-5,8-14,17,19H2,1H3/b7-6-,16-15-/t18-/m1/s1. The van der Waals surface area contributed by atoms with E-state index in [0.717, 1.165) is 6.42 Å². The average Bonchev–Trinajstić information content (AvgIpc) is 2.47. The zero-order valence-electron chi connectivity index (χ0n) is 13.4. The van der Waals surface area contributed by atoms with Crippen LogP contribution < -0.4 is 5.73 Å². The minimum Gasteiger partial charge on any atom is -0.394 e. The molecule has 0 fully saturated rings. The van der Waals surface area contributed by atoms with Crippen molar-refractivity contribution in [2.24, 2.45) is 5.73 Å². The van der Waals surface area contributed by atoms with Gasteiger partial charge in [-0.05, 0) is 38.5 Å². The van der Waals surface area contributed by atoms with Crippen molar-refractivity contribution in [2.75, 3.05) is 6.61 Å². The van der Waals surface area contributed by atoms with Gasteiger partial charge in [0.1, 0.15) is 0 Å². The predicted octanol–water partition coefficient (Wildman–Crippen LogP) is 4.73. The molecule has 0 bridgehead atoms. The number of hydrogen-bond acceptors (Lipinski definition) is 2. The molecule has 0 saturated heterocycles. The minimum atomic E-state index is -0.181. The van der Waals surface area contributed by atoms with Crippen LogP contribution in [0.2, 0.25) is 0 Å². The fourth-order valence-corrected chi connectivity index (χ4v) is 2.13. The van der Waals surface area contributed by atoms with Crippen LogP contribution in [0.3, 0.4) is 0 Å². The van der Waals surface area contributed by atoms with Gasteiger partial charge in [-0.2, -0.15) is 0 Å². The first kappa shape index (κ1) is 19.4. The number of hydrogen-bond donors (Lipinski definition) is 2. The van der Waals surface area contributed by atoms with Gasteiger partial charge in [0.05, 0.1) is 6.61 Å². The summed E-state index contributed by atoms with van der Waals surface area (Å²) in [4.78, 5) is 0. The highest BCUT2D eigenvalue weighted by Gasteiger charge is 1.92. The van der Waals surface area contributed by atoms with E-state index in [4.69, 9.17) is 10.8 Å². The van der Waals surface area contributed by atoms with Crippen LogP contribution in [0.25, 0.3) is 0 Å². The molecule has 118 valence electrons. The van der Waals surface area contributed by atoms with E-state index in [1.165, 1.54) is 64.2 Å². The molecule has 0 aromatic rings. The van der Waals surface area contributed by atoms with E-state index in [-0.39, 0.29) is 12.6 Å². The molecule has 2 nitrogen and oxygen atoms in total. The van der Waals surface area contributed by atoms with Gasteiger partial charge in [0.15, 0.2) is 0 Å². The summed E-state index contributed by atoms with van der Waals surface area (Å²) in [7, 11) is 0. The summed E-state index contributed by atoms with van der Waals surface area (Å²) in [5.74, 6) is 0. The van der Waals surface area contributed by atoms with Crippen molar-refractivity contribution in [3.05, 3.63) is 24.3 Å². The van der Waals surface area contributed by atoms with Crippen molar-refractivity contribution in [1.82, 2.24) is 0 Å². The molecule has 0 aromatic heterocycles. The number of unbranched alkanes of at least 4 members (excludes halogenated alkanes) is 9. The molecule has 0 heterocycles. The molecular formula is C18H35NO. The highest BCUT2D eigenvalue weighted by Crippen LogP contribution is 2.08. The van der Waals surface area contributed by atoms with E-state index in [9.17, 15) is 0 Å². The van der Waals surface area contributed by atoms with Crippen LogP contribution in [0, 0.1) is 0 Å². The van der Waals surface area contributed by atoms with E-state index in [1.54, 1.807) is 0 Å². The summed E-state index contributed by atoms with van der Waals surface area (Å²) in [5.41, 5.74) is 5.58. The van der Waals surface area contributed by atoms with Gasteiger partial charge < -0.3 is 10.8 Å². The number of aliphatic hydroxyl groups excluding tert-OH is 1. The summed E-state index contributed by atoms with van der Waals surface area (Å²) in [6.45, 7) is 2.29. The molecular weight excluding hydrogens is 246 g/mol. The van der Waals surface area contributed by atoms with Gasteiger partial charge in [-0.25, -0.2) is 0 Å². The third-order valence-electron chi connectivity index (χ3n) is 3.48. The second-order valence-electron chi connectivity index (χ2n) is 5.59. The van der Waals surface area contributed by atoms with E-state index >= 15 is 0 Å². The molecule has 0 aromatic carbocycles. The van der Waals surface area contributed by atoms with Crippen LogP contribution >= 0.6 is 0 Å². The summed E-state index contributed by atoms with van der Waals surface area (Å²) >= 11 is 0. The van der Waals surface area contributed by atoms with Gasteiger partial charge in [-0.15, -0.1) is 0 Å². The Balaban J connectivity index is 3.15. The van der Waals surface area contributed by atoms with Gasteiger partial charge >= 0.3 is 0 Å². The second kappa shape index (κ2) is 16.5. The van der Waals surface area contributed by atoms with Crippen molar-refractivity contribution in [1.29, 1.82) is 0 Å². The first-order chi connectivity index (χ1) is 9.81. The summed E-state index contributed by atoms with van der Waals surface area (Å²) in [5, 5.41) is 8.76. The highest BCUT2D eigenvalue weighted by atomic mass is 16.3. The number of rotatable bonds is 14. The monoisotopic (exact) mass is 281 g/mol. The Morgan fingerprint density at radius 2 is 1.30 bits per heavy atom. The van der Waals surface area contributed by atoms with Crippen LogP contribution in [0.1, 0.15) is 77.6 Å². The molecule has 2 heteroatoms. The fourth-order valence-electron chi connectivity index (χ4n) is 2.13. The zero-order valence-corrected chi connectivity index (χ0v) is 13.4. The van der Waals surface area contributed by atoms with Gasteiger partial charge in [-0.1, -0.05) is 63.3 Å². The van der Waals surface area contributed by atoms with Crippen LogP contribution in [-0.2, 0) is 0 Å². The Morgan fingerprint density at radius 1 is 0.800 bits per heavy atom. The summed E-state index contributed by atoms with van der Waals surface area (Å²) in [6.07, 6.45) is 22.9. The third-order valence-corrected chi connectivity index (χ3v) is 3.48. The van der Waals surface area contributed by atoms with Crippen LogP contribution in [0.4, 0.5) is 0 Å². The Bertz CT molecular complexity index is 236. The van der Waals surface area contributed by atoms with Gasteiger partial charge in [0.2, 0.25) is 0 Å². The van der Waals surface area contributed by atoms with Crippen LogP contribution in [-0.4, -0.2) is 17.8 Å². The number of nitrogens with two attached hydrogens (primary N) is 1. The Kier molecular flexibility index (Phi) is 16.0. The van der Waals surface area contributed by atoms with Crippen molar-refractivity contribution in [3.63, 3.8) is 0 Å². The lowest BCUT2D eigenvalue weighted by molar-refractivity contribution is 0.284. The van der Waals surface area contributed by atoms with Gasteiger partial charge in [0.25, 0.3) is 0 Å². The SMILES string of the molecule is CCCCC/C=C\CCCCCCC/C=C\[C@@H](N)CO. The predicted molar refractivity (Wildman–Crippen MR) is 89.8 cm³/mol. The number of aliphatic hydroxyl groups is 1. The molecule has 0 amide bonds. The normalized spacial score (nSPS) is 13.6. The second-order valence-corrected chi connectivity index (χ2v) is 5.59. The third kappa shape index (κ3) is 15.5. The largest absolute Gasteiger partial charge is 0.394 e. The van der Waals surface area contributed by atoms with Crippen molar-refractivity contribution < 1.29 is 5.11 Å². The summed E-state index contributed by atoms with van der Waals surface area (Å²) < 4.78 is 0. The summed E-state index contributed by atoms with van der Waals surface area (Å²) in [6, 6.07) is -0.181. The van der Waals surface area contributed by atoms with Crippen molar-refractivity contribution in [2.45, 2.75) is 83.6 Å². The maximum atomic E-state index is 8.76. The highest BCUT2D eigenvalue weighted by molar-refractivity contribution is 4.90. The smallest absolute Gasteiger partial charge is 0.0618 e. The van der Waals surface area contributed by atoms with E-state index < -0.39 is 0 Å². The molecule has 0 unspecified atom stereocenters. The molecule has 0 aliphatic heterocycles. The zero-order chi connectivity index (χ0) is 14.9. The number of allylic oxidation sites excluding steroid dienone is 3. The lowest BCUT2D eigenvalue weighted by atomic mass is 10.1. The first-order valence-electron chi connectivity index (χ1n) is 8.49. The molecule has 0 spiro atoms. The average molecular weight is 281 g/mol. The Morgan fingerprint density at radius 3 is 1.85 bits per heavy atom. The molecule has 0 rings (SSSR count). The molecule has 0 aliphatic rings. The molecule has 0 aliphatic carbocycles. The Hall–Kier alpha value is -0.600. The van der Waals surface area contributed by atoms with Gasteiger partial charge in [-0.3, -0.25) is 0 Å². The van der Waals surface area contributed by atoms with Crippen LogP contribution in [0.15, 0.2) is 24.3 Å². The minimum absolute atomic E-state index is 0.0441. The maximum absolute atomic E-state index is 8.76. The topological polar surface area (TPSA) is 46.2 Å². The molecule has 3 N–H and O–H groups in total. The first-order valence-corrected chi connectivity index (χ1v) is 8.49. The van der Waals surface area contributed by atoms with Crippen molar-refractivity contribution >= 4 is 0 Å². The molecule has 20 heavy (non-hydrogen) atoms. The van der Waals surface area contributed by atoms with E-state index in [2.05, 4.69) is 25.2 Å². The molecule has 0 radical (unpaired) electrons. The maximum Gasteiger partial charge on any atom is 0.0618 e. The lowest BCUT2D eigenvalue weighted by Gasteiger charge is -2.00. The van der Waals surface area contributed by atoms with Crippen LogP contribution in [0.5, 0.6) is 0 Å². The lowest BCUT2D eigenvalue weighted by Crippen LogP contribution is -2.20. The van der Waals surface area contributed by atoms with Crippen molar-refractivity contribution in [3.8, 4) is 0 Å². The fraction of sp³-hybridized carbons (Fsp3) is 0.778. The van der Waals surface area contributed by atoms with E-state index in [0.29, 0.717) is 0 Å².